The third kappa shape index (κ3) is 6.05. The van der Waals surface area contributed by atoms with Crippen LogP contribution in [0.4, 0.5) is 11.4 Å². The number of esters is 1. The molecule has 0 aliphatic heterocycles. The van der Waals surface area contributed by atoms with Crippen LogP contribution in [0.3, 0.4) is 0 Å². The number of hydrogen-bond acceptors (Lipinski definition) is 5. The Bertz CT molecular complexity index is 985. The summed E-state index contributed by atoms with van der Waals surface area (Å²) in [6, 6.07) is 12.2. The maximum Gasteiger partial charge on any atom is 0.338 e. The van der Waals surface area contributed by atoms with Gasteiger partial charge in [-0.15, -0.1) is 0 Å². The Kier molecular flexibility index (Phi) is 7.39. The highest BCUT2D eigenvalue weighted by atomic mass is 32.2. The molecule has 0 saturated heterocycles. The van der Waals surface area contributed by atoms with E-state index in [0.29, 0.717) is 28.9 Å². The van der Waals surface area contributed by atoms with E-state index in [-0.39, 0.29) is 18.9 Å². The smallest absolute Gasteiger partial charge is 0.338 e. The zero-order valence-corrected chi connectivity index (χ0v) is 17.9. The Hall–Kier alpha value is -2.87. The third-order valence-electron chi connectivity index (χ3n) is 4.50. The molecule has 29 heavy (non-hydrogen) atoms. The number of benzene rings is 2. The molecule has 0 saturated carbocycles. The number of nitrogens with one attached hydrogen (secondary N) is 1. The predicted molar refractivity (Wildman–Crippen MR) is 114 cm³/mol. The second kappa shape index (κ2) is 9.56. The fourth-order valence-electron chi connectivity index (χ4n) is 2.90. The summed E-state index contributed by atoms with van der Waals surface area (Å²) >= 11 is 0. The fraction of sp³-hybridized carbons (Fsp3) is 0.333. The number of amides is 1. The second-order valence-corrected chi connectivity index (χ2v) is 8.70. The molecule has 2 aromatic carbocycles. The molecule has 1 amide bonds. The summed E-state index contributed by atoms with van der Waals surface area (Å²) in [6.45, 7) is 3.84. The molecule has 0 unspecified atom stereocenters. The van der Waals surface area contributed by atoms with E-state index in [1.807, 2.05) is 19.1 Å². The highest BCUT2D eigenvalue weighted by Crippen LogP contribution is 2.21. The van der Waals surface area contributed by atoms with Gasteiger partial charge in [0, 0.05) is 18.7 Å². The van der Waals surface area contributed by atoms with Gasteiger partial charge in [-0.1, -0.05) is 23.8 Å². The van der Waals surface area contributed by atoms with Gasteiger partial charge >= 0.3 is 5.97 Å². The number of methoxy groups -OCH3 is 1. The van der Waals surface area contributed by atoms with Crippen molar-refractivity contribution in [1.82, 2.24) is 0 Å². The van der Waals surface area contributed by atoms with Gasteiger partial charge in [0.05, 0.1) is 24.6 Å². The van der Waals surface area contributed by atoms with Crippen molar-refractivity contribution in [3.8, 4) is 0 Å². The first-order chi connectivity index (χ1) is 13.6. The SMILES string of the molecule is COC(=O)c1cccc(NC(=O)CCCN(c2ccc(C)cc2)S(C)(=O)=O)c1C. The minimum atomic E-state index is -3.46. The maximum absolute atomic E-state index is 12.3. The van der Waals surface area contributed by atoms with Crippen molar-refractivity contribution in [2.24, 2.45) is 0 Å². The van der Waals surface area contributed by atoms with Gasteiger partial charge in [0.15, 0.2) is 0 Å². The Morgan fingerprint density at radius 1 is 1.07 bits per heavy atom. The van der Waals surface area contributed by atoms with Gasteiger partial charge in [0.1, 0.15) is 0 Å². The first-order valence-electron chi connectivity index (χ1n) is 9.15. The normalized spacial score (nSPS) is 11.0. The summed E-state index contributed by atoms with van der Waals surface area (Å²) < 4.78 is 30.3. The molecule has 2 aromatic rings. The highest BCUT2D eigenvalue weighted by molar-refractivity contribution is 7.92. The summed E-state index contributed by atoms with van der Waals surface area (Å²) in [7, 11) is -2.16. The minimum Gasteiger partial charge on any atom is -0.465 e. The van der Waals surface area contributed by atoms with E-state index in [0.717, 1.165) is 11.8 Å². The molecule has 0 aromatic heterocycles. The van der Waals surface area contributed by atoms with Crippen LogP contribution in [0.15, 0.2) is 42.5 Å². The van der Waals surface area contributed by atoms with Crippen LogP contribution >= 0.6 is 0 Å². The van der Waals surface area contributed by atoms with Crippen LogP contribution in [0.25, 0.3) is 0 Å². The number of ether oxygens (including phenoxy) is 1. The maximum atomic E-state index is 12.3. The van der Waals surface area contributed by atoms with Crippen LogP contribution in [0.2, 0.25) is 0 Å². The van der Waals surface area contributed by atoms with Gasteiger partial charge in [-0.05, 0) is 50.1 Å². The molecular formula is C21H26N2O5S. The lowest BCUT2D eigenvalue weighted by atomic mass is 10.1. The fourth-order valence-corrected chi connectivity index (χ4v) is 3.86. The molecule has 0 fully saturated rings. The molecule has 156 valence electrons. The minimum absolute atomic E-state index is 0.139. The summed E-state index contributed by atoms with van der Waals surface area (Å²) in [4.78, 5) is 24.1. The Morgan fingerprint density at radius 2 is 1.72 bits per heavy atom. The van der Waals surface area contributed by atoms with Gasteiger partial charge in [-0.2, -0.15) is 0 Å². The molecule has 0 spiro atoms. The second-order valence-electron chi connectivity index (χ2n) is 6.79. The lowest BCUT2D eigenvalue weighted by molar-refractivity contribution is -0.116. The largest absolute Gasteiger partial charge is 0.465 e. The van der Waals surface area contributed by atoms with E-state index < -0.39 is 16.0 Å². The number of carbonyl (C=O) groups excluding carboxylic acids is 2. The van der Waals surface area contributed by atoms with Gasteiger partial charge in [0.25, 0.3) is 0 Å². The van der Waals surface area contributed by atoms with Crippen molar-refractivity contribution in [1.29, 1.82) is 0 Å². The highest BCUT2D eigenvalue weighted by Gasteiger charge is 2.18. The molecule has 0 atom stereocenters. The summed E-state index contributed by atoms with van der Waals surface area (Å²) in [5.74, 6) is -0.729. The first-order valence-corrected chi connectivity index (χ1v) is 11.0. The predicted octanol–water partition coefficient (Wildman–Crippen LogP) is 3.27. The Balaban J connectivity index is 2.01. The van der Waals surface area contributed by atoms with Crippen molar-refractivity contribution in [2.75, 3.05) is 29.5 Å². The van der Waals surface area contributed by atoms with E-state index in [4.69, 9.17) is 4.74 Å². The number of sulfonamides is 1. The zero-order chi connectivity index (χ0) is 21.6. The number of nitrogens with zero attached hydrogens (tertiary/aromatic N) is 1. The number of rotatable bonds is 8. The molecule has 0 radical (unpaired) electrons. The van der Waals surface area contributed by atoms with Crippen LogP contribution in [0.5, 0.6) is 0 Å². The molecule has 8 heteroatoms. The monoisotopic (exact) mass is 418 g/mol. The Morgan fingerprint density at radius 3 is 2.31 bits per heavy atom. The molecule has 0 heterocycles. The van der Waals surface area contributed by atoms with Gasteiger partial charge in [-0.25, -0.2) is 13.2 Å². The summed E-state index contributed by atoms with van der Waals surface area (Å²) in [5.41, 5.74) is 3.13. The van der Waals surface area contributed by atoms with Crippen molar-refractivity contribution in [2.45, 2.75) is 26.7 Å². The van der Waals surface area contributed by atoms with Crippen LogP contribution in [-0.2, 0) is 19.6 Å². The zero-order valence-electron chi connectivity index (χ0n) is 17.1. The van der Waals surface area contributed by atoms with Crippen LogP contribution in [0, 0.1) is 13.8 Å². The van der Waals surface area contributed by atoms with E-state index in [9.17, 15) is 18.0 Å². The number of aryl methyl sites for hydroxylation is 1. The molecule has 0 aliphatic carbocycles. The first kappa shape index (κ1) is 22.4. The summed E-state index contributed by atoms with van der Waals surface area (Å²) in [5, 5.41) is 2.77. The van der Waals surface area contributed by atoms with Gasteiger partial charge in [0.2, 0.25) is 15.9 Å². The number of anilines is 2. The van der Waals surface area contributed by atoms with E-state index in [1.165, 1.54) is 11.4 Å². The van der Waals surface area contributed by atoms with Crippen molar-refractivity contribution in [3.05, 3.63) is 59.2 Å². The molecule has 0 aliphatic rings. The quantitative estimate of drug-likeness (QED) is 0.664. The van der Waals surface area contributed by atoms with Crippen LogP contribution in [-0.4, -0.2) is 40.2 Å². The average Bonchev–Trinajstić information content (AvgIpc) is 2.66. The molecule has 2 rings (SSSR count). The average molecular weight is 419 g/mol. The van der Waals surface area contributed by atoms with E-state index in [2.05, 4.69) is 5.32 Å². The number of hydrogen-bond donors (Lipinski definition) is 1. The standard InChI is InChI=1S/C21H26N2O5S/c1-15-10-12-17(13-11-15)23(29(4,26)27)14-6-9-20(24)22-19-8-5-7-18(16(19)2)21(25)28-3/h5,7-8,10-13H,6,9,14H2,1-4H3,(H,22,24). The molecular weight excluding hydrogens is 392 g/mol. The van der Waals surface area contributed by atoms with Crippen molar-refractivity contribution >= 4 is 33.3 Å². The van der Waals surface area contributed by atoms with Gasteiger partial charge < -0.3 is 10.1 Å². The van der Waals surface area contributed by atoms with Crippen molar-refractivity contribution in [3.63, 3.8) is 0 Å². The topological polar surface area (TPSA) is 92.8 Å². The number of carbonyl (C=O) groups is 2. The lowest BCUT2D eigenvalue weighted by Gasteiger charge is -2.22. The van der Waals surface area contributed by atoms with Crippen LogP contribution < -0.4 is 9.62 Å². The molecule has 7 nitrogen and oxygen atoms in total. The molecule has 1 N–H and O–H groups in total. The van der Waals surface area contributed by atoms with E-state index >= 15 is 0 Å². The summed E-state index contributed by atoms with van der Waals surface area (Å²) in [6.07, 6.45) is 1.64. The van der Waals surface area contributed by atoms with Gasteiger partial charge in [-0.3, -0.25) is 9.10 Å². The van der Waals surface area contributed by atoms with Crippen LogP contribution in [0.1, 0.15) is 34.3 Å². The Labute approximate surface area is 171 Å². The van der Waals surface area contributed by atoms with E-state index in [1.54, 1.807) is 37.3 Å². The third-order valence-corrected chi connectivity index (χ3v) is 5.69. The molecule has 0 bridgehead atoms. The van der Waals surface area contributed by atoms with Crippen molar-refractivity contribution < 1.29 is 22.7 Å². The lowest BCUT2D eigenvalue weighted by Crippen LogP contribution is -2.31.